The number of benzene rings is 1. The van der Waals surface area contributed by atoms with Crippen molar-refractivity contribution >= 4 is 28.8 Å². The SMILES string of the molecule is Cc1nc(C(=O)N2CCCC(C)C2COc2ncc(Cl)cn2)c(-c2ccc(F)cc2)s1. The molecule has 4 rings (SSSR count). The van der Waals surface area contributed by atoms with Gasteiger partial charge in [0, 0.05) is 6.54 Å². The number of aromatic nitrogens is 3. The van der Waals surface area contributed by atoms with Crippen molar-refractivity contribution in [2.45, 2.75) is 32.7 Å². The molecule has 2 atom stereocenters. The van der Waals surface area contributed by atoms with Gasteiger partial charge in [-0.1, -0.05) is 30.7 Å². The minimum Gasteiger partial charge on any atom is -0.461 e. The van der Waals surface area contributed by atoms with E-state index >= 15 is 0 Å². The predicted octanol–water partition coefficient (Wildman–Crippen LogP) is 5.02. The summed E-state index contributed by atoms with van der Waals surface area (Å²) in [4.78, 5) is 28.8. The summed E-state index contributed by atoms with van der Waals surface area (Å²) in [5.41, 5.74) is 1.18. The number of rotatable bonds is 5. The average molecular weight is 461 g/mol. The Hall–Kier alpha value is -2.58. The van der Waals surface area contributed by atoms with Crippen LogP contribution in [0.3, 0.4) is 0 Å². The van der Waals surface area contributed by atoms with Crippen molar-refractivity contribution in [3.63, 3.8) is 0 Å². The van der Waals surface area contributed by atoms with Gasteiger partial charge < -0.3 is 9.64 Å². The molecule has 1 amide bonds. The topological polar surface area (TPSA) is 68.2 Å². The van der Waals surface area contributed by atoms with Crippen molar-refractivity contribution in [3.05, 3.63) is 58.2 Å². The smallest absolute Gasteiger partial charge is 0.316 e. The zero-order valence-electron chi connectivity index (χ0n) is 17.2. The van der Waals surface area contributed by atoms with Gasteiger partial charge in [-0.3, -0.25) is 4.79 Å². The third-order valence-corrected chi connectivity index (χ3v) is 6.61. The lowest BCUT2D eigenvalue weighted by Crippen LogP contribution is -2.50. The van der Waals surface area contributed by atoms with Gasteiger partial charge in [-0.25, -0.2) is 19.3 Å². The van der Waals surface area contributed by atoms with E-state index in [-0.39, 0.29) is 36.3 Å². The summed E-state index contributed by atoms with van der Waals surface area (Å²) in [7, 11) is 0. The first kappa shape index (κ1) is 21.6. The fraction of sp³-hybridized carbons (Fsp3) is 0.364. The Labute approximate surface area is 189 Å². The summed E-state index contributed by atoms with van der Waals surface area (Å²) < 4.78 is 19.2. The number of thiazole rings is 1. The number of nitrogens with zero attached hydrogens (tertiary/aromatic N) is 4. The number of likely N-dealkylation sites (tertiary alicyclic amines) is 1. The van der Waals surface area contributed by atoms with E-state index in [9.17, 15) is 9.18 Å². The van der Waals surface area contributed by atoms with Crippen molar-refractivity contribution < 1.29 is 13.9 Å². The molecule has 0 saturated carbocycles. The molecule has 6 nitrogen and oxygen atoms in total. The summed E-state index contributed by atoms with van der Waals surface area (Å²) >= 11 is 7.27. The quantitative estimate of drug-likeness (QED) is 0.534. The van der Waals surface area contributed by atoms with E-state index in [1.54, 1.807) is 12.1 Å². The molecule has 31 heavy (non-hydrogen) atoms. The van der Waals surface area contributed by atoms with Gasteiger partial charge in [0.15, 0.2) is 0 Å². The van der Waals surface area contributed by atoms with Gasteiger partial charge in [0.2, 0.25) is 0 Å². The molecule has 0 radical (unpaired) electrons. The first-order valence-electron chi connectivity index (χ1n) is 10.1. The number of hydrogen-bond acceptors (Lipinski definition) is 6. The molecule has 0 spiro atoms. The molecule has 1 aromatic carbocycles. The van der Waals surface area contributed by atoms with Crippen LogP contribution in [0.2, 0.25) is 5.02 Å². The second-order valence-corrected chi connectivity index (χ2v) is 9.24. The molecular weight excluding hydrogens is 439 g/mol. The Morgan fingerprint density at radius 2 is 2.00 bits per heavy atom. The van der Waals surface area contributed by atoms with Crippen LogP contribution >= 0.6 is 22.9 Å². The number of aryl methyl sites for hydroxylation is 1. The van der Waals surface area contributed by atoms with Crippen molar-refractivity contribution in [1.82, 2.24) is 19.9 Å². The second-order valence-electron chi connectivity index (χ2n) is 7.60. The molecule has 1 aliphatic heterocycles. The van der Waals surface area contributed by atoms with Crippen LogP contribution in [-0.4, -0.2) is 45.0 Å². The lowest BCUT2D eigenvalue weighted by molar-refractivity contribution is 0.0377. The zero-order chi connectivity index (χ0) is 22.0. The van der Waals surface area contributed by atoms with E-state index in [0.29, 0.717) is 17.3 Å². The molecule has 0 bridgehead atoms. The molecule has 2 unspecified atom stereocenters. The first-order valence-corrected chi connectivity index (χ1v) is 11.3. The van der Waals surface area contributed by atoms with Crippen LogP contribution in [0.25, 0.3) is 10.4 Å². The number of hydrogen-bond donors (Lipinski definition) is 0. The van der Waals surface area contributed by atoms with Gasteiger partial charge in [0.1, 0.15) is 18.1 Å². The van der Waals surface area contributed by atoms with E-state index in [1.807, 2.05) is 11.8 Å². The normalized spacial score (nSPS) is 18.8. The highest BCUT2D eigenvalue weighted by atomic mass is 35.5. The van der Waals surface area contributed by atoms with Crippen LogP contribution in [0.1, 0.15) is 35.3 Å². The highest BCUT2D eigenvalue weighted by Crippen LogP contribution is 2.33. The maximum absolute atomic E-state index is 13.6. The van der Waals surface area contributed by atoms with Crippen LogP contribution in [0.15, 0.2) is 36.7 Å². The molecule has 2 aromatic heterocycles. The van der Waals surface area contributed by atoms with Crippen LogP contribution in [-0.2, 0) is 0 Å². The molecular formula is C22H22ClFN4O2S. The number of carbonyl (C=O) groups is 1. The fourth-order valence-electron chi connectivity index (χ4n) is 3.80. The highest BCUT2D eigenvalue weighted by molar-refractivity contribution is 7.15. The molecule has 1 aliphatic rings. The minimum atomic E-state index is -0.315. The lowest BCUT2D eigenvalue weighted by Gasteiger charge is -2.39. The Balaban J connectivity index is 1.58. The molecule has 9 heteroatoms. The van der Waals surface area contributed by atoms with Crippen molar-refractivity contribution in [1.29, 1.82) is 0 Å². The molecule has 1 fully saturated rings. The molecule has 3 heterocycles. The predicted molar refractivity (Wildman–Crippen MR) is 118 cm³/mol. The summed E-state index contributed by atoms with van der Waals surface area (Å²) in [6.07, 6.45) is 4.87. The standard InChI is InChI=1S/C22H22ClFN4O2S/c1-13-4-3-9-28(18(13)12-30-22-25-10-16(23)11-26-22)21(29)19-20(31-14(2)27-19)15-5-7-17(24)8-6-15/h5-8,10-11,13,18H,3-4,9,12H2,1-2H3. The summed E-state index contributed by atoms with van der Waals surface area (Å²) in [5, 5.41) is 1.22. The minimum absolute atomic E-state index is 0.136. The third-order valence-electron chi connectivity index (χ3n) is 5.40. The van der Waals surface area contributed by atoms with E-state index in [0.717, 1.165) is 28.3 Å². The Morgan fingerprint density at radius 1 is 1.29 bits per heavy atom. The van der Waals surface area contributed by atoms with Crippen LogP contribution < -0.4 is 4.74 Å². The van der Waals surface area contributed by atoms with Crippen LogP contribution in [0, 0.1) is 18.7 Å². The zero-order valence-corrected chi connectivity index (χ0v) is 18.8. The number of halogens is 2. The van der Waals surface area contributed by atoms with E-state index < -0.39 is 0 Å². The van der Waals surface area contributed by atoms with Gasteiger partial charge in [-0.2, -0.15) is 0 Å². The van der Waals surface area contributed by atoms with Gasteiger partial charge in [0.25, 0.3) is 5.91 Å². The van der Waals surface area contributed by atoms with Crippen molar-refractivity contribution in [2.24, 2.45) is 5.92 Å². The fourth-order valence-corrected chi connectivity index (χ4v) is 4.81. The van der Waals surface area contributed by atoms with Crippen LogP contribution in [0.5, 0.6) is 6.01 Å². The van der Waals surface area contributed by atoms with Crippen molar-refractivity contribution in [2.75, 3.05) is 13.2 Å². The summed E-state index contributed by atoms with van der Waals surface area (Å²) in [6, 6.07) is 6.23. The summed E-state index contributed by atoms with van der Waals surface area (Å²) in [6.45, 7) is 4.89. The van der Waals surface area contributed by atoms with Crippen molar-refractivity contribution in [3.8, 4) is 16.5 Å². The van der Waals surface area contributed by atoms with E-state index in [4.69, 9.17) is 16.3 Å². The largest absolute Gasteiger partial charge is 0.461 e. The van der Waals surface area contributed by atoms with E-state index in [2.05, 4.69) is 21.9 Å². The summed E-state index contributed by atoms with van der Waals surface area (Å²) in [5.74, 6) is -0.204. The van der Waals surface area contributed by atoms with Gasteiger partial charge >= 0.3 is 6.01 Å². The molecule has 1 saturated heterocycles. The first-order chi connectivity index (χ1) is 14.9. The Morgan fingerprint density at radius 3 is 2.71 bits per heavy atom. The monoisotopic (exact) mass is 460 g/mol. The highest BCUT2D eigenvalue weighted by Gasteiger charge is 2.35. The average Bonchev–Trinajstić information content (AvgIpc) is 3.15. The van der Waals surface area contributed by atoms with Gasteiger partial charge in [-0.05, 0) is 43.4 Å². The second kappa shape index (κ2) is 9.28. The number of piperidine rings is 1. The number of carbonyl (C=O) groups excluding carboxylic acids is 1. The van der Waals surface area contributed by atoms with Gasteiger partial charge in [0.05, 0.1) is 33.3 Å². The molecule has 0 N–H and O–H groups in total. The van der Waals surface area contributed by atoms with Crippen LogP contribution in [0.4, 0.5) is 4.39 Å². The lowest BCUT2D eigenvalue weighted by atomic mass is 9.91. The molecule has 3 aromatic rings. The number of amides is 1. The Bertz CT molecular complexity index is 1060. The van der Waals surface area contributed by atoms with Gasteiger partial charge in [-0.15, -0.1) is 11.3 Å². The molecule has 0 aliphatic carbocycles. The number of ether oxygens (including phenoxy) is 1. The maximum atomic E-state index is 13.6. The molecule has 162 valence electrons. The van der Waals surface area contributed by atoms with E-state index in [1.165, 1.54) is 35.9 Å². The maximum Gasteiger partial charge on any atom is 0.316 e. The third kappa shape index (κ3) is 4.85. The Kier molecular flexibility index (Phi) is 6.48.